The minimum absolute atomic E-state index is 0.00752. The van der Waals surface area contributed by atoms with Crippen molar-refractivity contribution in [3.8, 4) is 0 Å². The van der Waals surface area contributed by atoms with Crippen LogP contribution in [0.15, 0.2) is 30.5 Å². The number of esters is 3. The molecule has 2 aromatic rings. The maximum atomic E-state index is 12.9. The van der Waals surface area contributed by atoms with Gasteiger partial charge in [-0.1, -0.05) is 180 Å². The SMILES string of the molecule is CCCCCCCCCCCOC(=O)CCCCCN(CCCCCCCC(=O)OC(CCCCCCCC)CCCCCCCC)CCOC(=O)CCc1cn(C)c2ccccc12. The first-order valence-corrected chi connectivity index (χ1v) is 27.1. The first kappa shape index (κ1) is 57.3. The number of aromatic nitrogens is 1. The number of para-hydroxylation sites is 1. The normalized spacial score (nSPS) is 11.6. The molecule has 0 aliphatic rings. The van der Waals surface area contributed by atoms with Gasteiger partial charge in [0.1, 0.15) is 12.7 Å². The third-order valence-corrected chi connectivity index (χ3v) is 13.0. The van der Waals surface area contributed by atoms with Gasteiger partial charge in [-0.05, 0) is 88.9 Å². The molecule has 0 fully saturated rings. The summed E-state index contributed by atoms with van der Waals surface area (Å²) in [4.78, 5) is 40.5. The van der Waals surface area contributed by atoms with Crippen LogP contribution in [0.1, 0.15) is 245 Å². The molecule has 0 saturated carbocycles. The van der Waals surface area contributed by atoms with Crippen LogP contribution in [0.3, 0.4) is 0 Å². The Labute approximate surface area is 393 Å². The lowest BCUT2D eigenvalue weighted by Crippen LogP contribution is -2.30. The fourth-order valence-corrected chi connectivity index (χ4v) is 8.96. The summed E-state index contributed by atoms with van der Waals surface area (Å²) in [6, 6.07) is 8.32. The molecule has 0 spiro atoms. The van der Waals surface area contributed by atoms with Crippen LogP contribution in [-0.4, -0.2) is 66.3 Å². The number of aryl methyl sites for hydroxylation is 2. The number of carbonyl (C=O) groups excluding carboxylic acids is 3. The number of benzene rings is 1. The van der Waals surface area contributed by atoms with E-state index in [-0.39, 0.29) is 24.0 Å². The lowest BCUT2D eigenvalue weighted by atomic mass is 10.0. The molecular weight excluding hydrogens is 797 g/mol. The lowest BCUT2D eigenvalue weighted by molar-refractivity contribution is -0.150. The van der Waals surface area contributed by atoms with Crippen LogP contribution < -0.4 is 0 Å². The average Bonchev–Trinajstić information content (AvgIpc) is 3.62. The number of rotatable bonds is 45. The number of fused-ring (bicyclic) bond motifs is 1. The van der Waals surface area contributed by atoms with E-state index >= 15 is 0 Å². The van der Waals surface area contributed by atoms with E-state index in [9.17, 15) is 14.4 Å². The van der Waals surface area contributed by atoms with E-state index < -0.39 is 0 Å². The minimum Gasteiger partial charge on any atom is -0.466 e. The van der Waals surface area contributed by atoms with Crippen LogP contribution in [0.4, 0.5) is 0 Å². The van der Waals surface area contributed by atoms with Crippen molar-refractivity contribution >= 4 is 28.8 Å². The molecule has 1 aromatic carbocycles. The first-order valence-electron chi connectivity index (χ1n) is 27.1. The maximum Gasteiger partial charge on any atom is 0.306 e. The summed E-state index contributed by atoms with van der Waals surface area (Å²) in [6.07, 6.45) is 40.8. The van der Waals surface area contributed by atoms with Crippen LogP contribution in [-0.2, 0) is 42.1 Å². The molecule has 2 rings (SSSR count). The Balaban J connectivity index is 1.70. The zero-order valence-electron chi connectivity index (χ0n) is 42.1. The van der Waals surface area contributed by atoms with Crippen LogP contribution in [0.25, 0.3) is 10.9 Å². The molecule has 0 radical (unpaired) electrons. The van der Waals surface area contributed by atoms with Crippen molar-refractivity contribution in [3.63, 3.8) is 0 Å². The fraction of sp³-hybridized carbons (Fsp3) is 0.804. The van der Waals surface area contributed by atoms with E-state index in [4.69, 9.17) is 14.2 Å². The molecule has 0 unspecified atom stereocenters. The van der Waals surface area contributed by atoms with E-state index in [1.165, 1.54) is 126 Å². The molecule has 1 aromatic heterocycles. The largest absolute Gasteiger partial charge is 0.466 e. The zero-order chi connectivity index (χ0) is 46.1. The monoisotopic (exact) mass is 895 g/mol. The second kappa shape index (κ2) is 40.4. The molecule has 0 atom stereocenters. The van der Waals surface area contributed by atoms with Crippen molar-refractivity contribution < 1.29 is 28.6 Å². The smallest absolute Gasteiger partial charge is 0.306 e. The van der Waals surface area contributed by atoms with Crippen LogP contribution in [0.5, 0.6) is 0 Å². The van der Waals surface area contributed by atoms with E-state index in [1.54, 1.807) is 0 Å². The zero-order valence-corrected chi connectivity index (χ0v) is 42.1. The van der Waals surface area contributed by atoms with Crippen molar-refractivity contribution in [2.75, 3.05) is 32.8 Å². The summed E-state index contributed by atoms with van der Waals surface area (Å²) >= 11 is 0. The van der Waals surface area contributed by atoms with Crippen molar-refractivity contribution in [1.82, 2.24) is 9.47 Å². The van der Waals surface area contributed by atoms with Crippen LogP contribution >= 0.6 is 0 Å². The highest BCUT2D eigenvalue weighted by molar-refractivity contribution is 5.84. The minimum atomic E-state index is -0.150. The standard InChI is InChI=1S/C56H98N2O6/c1-5-8-11-14-17-18-19-25-35-47-62-54(59)40-30-26-34-45-58(46-48-63-55(60)43-42-50-49-57(4)53-39-32-31-38-52(50)53)44-33-24-20-23-29-41-56(61)64-51(36-27-21-15-12-9-6-2)37-28-22-16-13-10-7-3/h31-32,38-39,49,51H,5-30,33-37,40-48H2,1-4H3. The third kappa shape index (κ3) is 30.4. The predicted molar refractivity (Wildman–Crippen MR) is 269 cm³/mol. The number of unbranched alkanes of at least 4 members (excludes halogenated alkanes) is 24. The second-order valence-electron chi connectivity index (χ2n) is 18.9. The average molecular weight is 895 g/mol. The molecule has 0 N–H and O–H groups in total. The topological polar surface area (TPSA) is 87.1 Å². The highest BCUT2D eigenvalue weighted by Crippen LogP contribution is 2.22. The Morgan fingerprint density at radius 1 is 0.500 bits per heavy atom. The molecule has 0 aliphatic heterocycles. The highest BCUT2D eigenvalue weighted by atomic mass is 16.5. The molecular formula is C56H98N2O6. The summed E-state index contributed by atoms with van der Waals surface area (Å²) in [6.45, 7) is 10.3. The first-order chi connectivity index (χ1) is 31.4. The van der Waals surface area contributed by atoms with Gasteiger partial charge < -0.3 is 18.8 Å². The number of nitrogens with zero attached hydrogens (tertiary/aromatic N) is 2. The highest BCUT2D eigenvalue weighted by Gasteiger charge is 2.15. The summed E-state index contributed by atoms with van der Waals surface area (Å²) in [7, 11) is 2.05. The molecule has 368 valence electrons. The van der Waals surface area contributed by atoms with Crippen LogP contribution in [0.2, 0.25) is 0 Å². The van der Waals surface area contributed by atoms with E-state index in [2.05, 4.69) is 48.6 Å². The second-order valence-corrected chi connectivity index (χ2v) is 18.9. The van der Waals surface area contributed by atoms with Crippen molar-refractivity contribution in [1.29, 1.82) is 0 Å². The predicted octanol–water partition coefficient (Wildman–Crippen LogP) is 15.3. The quantitative estimate of drug-likeness (QED) is 0.0372. The maximum absolute atomic E-state index is 12.9. The van der Waals surface area contributed by atoms with E-state index in [0.717, 1.165) is 103 Å². The Morgan fingerprint density at radius 3 is 1.55 bits per heavy atom. The molecule has 0 aliphatic carbocycles. The van der Waals surface area contributed by atoms with Gasteiger partial charge in [-0.25, -0.2) is 0 Å². The molecule has 0 bridgehead atoms. The summed E-state index contributed by atoms with van der Waals surface area (Å²) in [5.74, 6) is -0.225. The molecule has 8 nitrogen and oxygen atoms in total. The lowest BCUT2D eigenvalue weighted by Gasteiger charge is -2.22. The summed E-state index contributed by atoms with van der Waals surface area (Å²) < 4.78 is 19.5. The number of ether oxygens (including phenoxy) is 3. The number of hydrogen-bond acceptors (Lipinski definition) is 7. The third-order valence-electron chi connectivity index (χ3n) is 13.0. The van der Waals surface area contributed by atoms with Gasteiger partial charge in [0.25, 0.3) is 0 Å². The van der Waals surface area contributed by atoms with Gasteiger partial charge in [-0.15, -0.1) is 0 Å². The Bertz CT molecular complexity index is 1410. The molecule has 1 heterocycles. The van der Waals surface area contributed by atoms with Gasteiger partial charge in [0.2, 0.25) is 0 Å². The van der Waals surface area contributed by atoms with Gasteiger partial charge in [-0.3, -0.25) is 19.3 Å². The van der Waals surface area contributed by atoms with Gasteiger partial charge in [-0.2, -0.15) is 0 Å². The van der Waals surface area contributed by atoms with Crippen molar-refractivity contribution in [2.45, 2.75) is 252 Å². The van der Waals surface area contributed by atoms with E-state index in [0.29, 0.717) is 45.4 Å². The Kier molecular flexibility index (Phi) is 36.2. The number of hydrogen-bond donors (Lipinski definition) is 0. The van der Waals surface area contributed by atoms with E-state index in [1.807, 2.05) is 19.2 Å². The van der Waals surface area contributed by atoms with Crippen molar-refractivity contribution in [2.24, 2.45) is 7.05 Å². The molecule has 64 heavy (non-hydrogen) atoms. The Hall–Kier alpha value is -2.87. The van der Waals surface area contributed by atoms with Crippen molar-refractivity contribution in [3.05, 3.63) is 36.0 Å². The van der Waals surface area contributed by atoms with Crippen LogP contribution in [0, 0.1) is 0 Å². The van der Waals surface area contributed by atoms with Gasteiger partial charge in [0.15, 0.2) is 0 Å². The summed E-state index contributed by atoms with van der Waals surface area (Å²) in [5.41, 5.74) is 2.36. The Morgan fingerprint density at radius 2 is 0.953 bits per heavy atom. The molecule has 0 saturated heterocycles. The number of carbonyl (C=O) groups is 3. The fourth-order valence-electron chi connectivity index (χ4n) is 8.96. The van der Waals surface area contributed by atoms with Gasteiger partial charge >= 0.3 is 17.9 Å². The van der Waals surface area contributed by atoms with Gasteiger partial charge in [0.05, 0.1) is 6.61 Å². The molecule has 0 amide bonds. The molecule has 8 heteroatoms. The van der Waals surface area contributed by atoms with Gasteiger partial charge in [0, 0.05) is 50.0 Å². The summed E-state index contributed by atoms with van der Waals surface area (Å²) in [5, 5.41) is 1.20.